The second kappa shape index (κ2) is 3.32. The lowest BCUT2D eigenvalue weighted by atomic mass is 10.1. The maximum Gasteiger partial charge on any atom is 0.323 e. The topological polar surface area (TPSA) is 84.2 Å². The molecule has 1 fully saturated rings. The Morgan fingerprint density at radius 1 is 1.58 bits per heavy atom. The van der Waals surface area contributed by atoms with Crippen molar-refractivity contribution in [3.8, 4) is 0 Å². The van der Waals surface area contributed by atoms with Gasteiger partial charge in [-0.1, -0.05) is 0 Å². The first-order valence-electron chi connectivity index (χ1n) is 3.50. The first kappa shape index (κ1) is 9.34. The first-order chi connectivity index (χ1) is 5.58. The Balaban J connectivity index is 2.58. The molecule has 0 spiro atoms. The molecular weight excluding hydrogens is 178 g/mol. The van der Waals surface area contributed by atoms with Gasteiger partial charge in [0.15, 0.2) is 5.66 Å². The lowest BCUT2D eigenvalue weighted by Crippen LogP contribution is -2.55. The van der Waals surface area contributed by atoms with Crippen LogP contribution in [0.2, 0.25) is 0 Å². The third-order valence-electron chi connectivity index (χ3n) is 1.67. The predicted octanol–water partition coefficient (Wildman–Crippen LogP) is -0.766. The van der Waals surface area contributed by atoms with E-state index in [0.29, 0.717) is 6.42 Å². The van der Waals surface area contributed by atoms with Crippen LogP contribution in [0.5, 0.6) is 0 Å². The lowest BCUT2D eigenvalue weighted by molar-refractivity contribution is -0.123. The molecule has 0 saturated carbocycles. The molecule has 5 nitrogen and oxygen atoms in total. The number of hydrogen-bond acceptors (Lipinski definition) is 4. The Kier molecular flexibility index (Phi) is 2.58. The summed E-state index contributed by atoms with van der Waals surface area (Å²) in [6.45, 7) is 0. The summed E-state index contributed by atoms with van der Waals surface area (Å²) in [6.07, 6.45) is 2.36. The van der Waals surface area contributed by atoms with Crippen LogP contribution < -0.4 is 16.4 Å². The van der Waals surface area contributed by atoms with Crippen LogP contribution in [0.15, 0.2) is 0 Å². The second-order valence-electron chi connectivity index (χ2n) is 2.62. The molecule has 4 N–H and O–H groups in total. The minimum atomic E-state index is -1.19. The number of hydrogen-bond donors (Lipinski definition) is 3. The first-order valence-corrected chi connectivity index (χ1v) is 4.89. The highest BCUT2D eigenvalue weighted by molar-refractivity contribution is 7.98. The highest BCUT2D eigenvalue weighted by Gasteiger charge is 2.41. The molecule has 1 heterocycles. The van der Waals surface area contributed by atoms with Crippen molar-refractivity contribution in [2.45, 2.75) is 12.1 Å². The van der Waals surface area contributed by atoms with Crippen LogP contribution in [-0.2, 0) is 4.79 Å². The van der Waals surface area contributed by atoms with Gasteiger partial charge in [0.2, 0.25) is 0 Å². The Hall–Kier alpha value is -0.750. The number of urea groups is 1. The summed E-state index contributed by atoms with van der Waals surface area (Å²) in [6, 6.07) is -0.511. The van der Waals surface area contributed by atoms with E-state index in [1.54, 1.807) is 11.8 Å². The van der Waals surface area contributed by atoms with Gasteiger partial charge < -0.3 is 11.1 Å². The van der Waals surface area contributed by atoms with Crippen molar-refractivity contribution < 1.29 is 9.59 Å². The zero-order valence-electron chi connectivity index (χ0n) is 6.72. The fraction of sp³-hybridized carbons (Fsp3) is 0.667. The lowest BCUT2D eigenvalue weighted by Gasteiger charge is -2.19. The summed E-state index contributed by atoms with van der Waals surface area (Å²) < 4.78 is 0. The highest BCUT2D eigenvalue weighted by Crippen LogP contribution is 2.11. The third-order valence-corrected chi connectivity index (χ3v) is 2.28. The molecule has 12 heavy (non-hydrogen) atoms. The van der Waals surface area contributed by atoms with Gasteiger partial charge in [0, 0.05) is 6.42 Å². The van der Waals surface area contributed by atoms with Crippen molar-refractivity contribution in [3.05, 3.63) is 0 Å². The van der Waals surface area contributed by atoms with E-state index in [0.717, 1.165) is 5.75 Å². The van der Waals surface area contributed by atoms with E-state index in [1.807, 2.05) is 6.26 Å². The number of amides is 3. The molecule has 1 atom stereocenters. The normalized spacial score (nSPS) is 28.5. The van der Waals surface area contributed by atoms with Gasteiger partial charge in [0.1, 0.15) is 0 Å². The van der Waals surface area contributed by atoms with E-state index < -0.39 is 17.6 Å². The molecule has 68 valence electrons. The number of carbonyl (C=O) groups is 2. The van der Waals surface area contributed by atoms with Gasteiger partial charge in [-0.15, -0.1) is 0 Å². The quantitative estimate of drug-likeness (QED) is 0.509. The zero-order valence-corrected chi connectivity index (χ0v) is 7.53. The van der Waals surface area contributed by atoms with Crippen LogP contribution in [-0.4, -0.2) is 29.6 Å². The zero-order chi connectivity index (χ0) is 9.19. The SMILES string of the molecule is CSCCC1(N)NC(=O)NC1=O. The summed E-state index contributed by atoms with van der Waals surface area (Å²) in [7, 11) is 0. The molecule has 1 saturated heterocycles. The van der Waals surface area contributed by atoms with Gasteiger partial charge in [-0.2, -0.15) is 11.8 Å². The molecule has 0 aromatic rings. The monoisotopic (exact) mass is 189 g/mol. The highest BCUT2D eigenvalue weighted by atomic mass is 32.2. The number of nitrogens with one attached hydrogen (secondary N) is 2. The van der Waals surface area contributed by atoms with Gasteiger partial charge in [-0.25, -0.2) is 4.79 Å². The maximum atomic E-state index is 11.1. The number of nitrogens with two attached hydrogens (primary N) is 1. The van der Waals surface area contributed by atoms with Gasteiger partial charge in [0.25, 0.3) is 5.91 Å². The average molecular weight is 189 g/mol. The summed E-state index contributed by atoms with van der Waals surface area (Å²) in [4.78, 5) is 21.8. The molecular formula is C6H11N3O2S. The van der Waals surface area contributed by atoms with Crippen LogP contribution >= 0.6 is 11.8 Å². The minimum absolute atomic E-state index is 0.443. The minimum Gasteiger partial charge on any atom is -0.311 e. The van der Waals surface area contributed by atoms with E-state index in [4.69, 9.17) is 5.73 Å². The van der Waals surface area contributed by atoms with Gasteiger partial charge in [-0.3, -0.25) is 10.1 Å². The molecule has 0 bridgehead atoms. The molecule has 0 aliphatic carbocycles. The van der Waals surface area contributed by atoms with Gasteiger partial charge >= 0.3 is 6.03 Å². The number of imide groups is 1. The Morgan fingerprint density at radius 3 is 2.67 bits per heavy atom. The van der Waals surface area contributed by atoms with Crippen molar-refractivity contribution in [2.75, 3.05) is 12.0 Å². The van der Waals surface area contributed by atoms with Crippen LogP contribution in [0.4, 0.5) is 4.79 Å². The van der Waals surface area contributed by atoms with E-state index in [1.165, 1.54) is 0 Å². The standard InChI is InChI=1S/C6H11N3O2S/c1-12-3-2-6(7)4(10)8-5(11)9-6/h2-3,7H2,1H3,(H2,8,9,10,11). The van der Waals surface area contributed by atoms with Crippen molar-refractivity contribution in [3.63, 3.8) is 0 Å². The van der Waals surface area contributed by atoms with Crippen molar-refractivity contribution >= 4 is 23.7 Å². The fourth-order valence-electron chi connectivity index (χ4n) is 0.944. The molecule has 1 aliphatic rings. The van der Waals surface area contributed by atoms with E-state index >= 15 is 0 Å². The summed E-state index contributed by atoms with van der Waals surface area (Å²) in [5.74, 6) is 0.297. The molecule has 0 aromatic carbocycles. The number of thioether (sulfide) groups is 1. The predicted molar refractivity (Wildman–Crippen MR) is 46.6 cm³/mol. The maximum absolute atomic E-state index is 11.1. The Labute approximate surface area is 74.4 Å². The fourth-order valence-corrected chi connectivity index (χ4v) is 1.47. The van der Waals surface area contributed by atoms with Gasteiger partial charge in [0.05, 0.1) is 0 Å². The number of rotatable bonds is 3. The van der Waals surface area contributed by atoms with E-state index in [9.17, 15) is 9.59 Å². The third kappa shape index (κ3) is 1.70. The summed E-state index contributed by atoms with van der Waals surface area (Å²) >= 11 is 1.58. The van der Waals surface area contributed by atoms with Crippen molar-refractivity contribution in [1.29, 1.82) is 0 Å². The Morgan fingerprint density at radius 2 is 2.25 bits per heavy atom. The second-order valence-corrected chi connectivity index (χ2v) is 3.61. The van der Waals surface area contributed by atoms with E-state index in [-0.39, 0.29) is 0 Å². The molecule has 0 aromatic heterocycles. The smallest absolute Gasteiger partial charge is 0.311 e. The van der Waals surface area contributed by atoms with Crippen LogP contribution in [0.25, 0.3) is 0 Å². The number of carbonyl (C=O) groups excluding carboxylic acids is 2. The van der Waals surface area contributed by atoms with Crippen LogP contribution in [0, 0.1) is 0 Å². The molecule has 0 radical (unpaired) electrons. The van der Waals surface area contributed by atoms with Gasteiger partial charge in [-0.05, 0) is 12.0 Å². The van der Waals surface area contributed by atoms with E-state index in [2.05, 4.69) is 10.6 Å². The summed E-state index contributed by atoms with van der Waals surface area (Å²) in [5, 5.41) is 4.47. The molecule has 3 amide bonds. The largest absolute Gasteiger partial charge is 0.323 e. The molecule has 1 rings (SSSR count). The van der Waals surface area contributed by atoms with Crippen molar-refractivity contribution in [2.24, 2.45) is 5.73 Å². The average Bonchev–Trinajstić information content (AvgIpc) is 2.23. The van der Waals surface area contributed by atoms with Crippen LogP contribution in [0.1, 0.15) is 6.42 Å². The van der Waals surface area contributed by atoms with Crippen LogP contribution in [0.3, 0.4) is 0 Å². The van der Waals surface area contributed by atoms with Crippen molar-refractivity contribution in [1.82, 2.24) is 10.6 Å². The molecule has 1 unspecified atom stereocenters. The molecule has 6 heteroatoms. The Bertz CT molecular complexity index is 221. The summed E-state index contributed by atoms with van der Waals surface area (Å²) in [5.41, 5.74) is 4.43. The molecule has 1 aliphatic heterocycles.